The molecule has 7 heteroatoms. The molecule has 0 atom stereocenters. The quantitative estimate of drug-likeness (QED) is 0.403. The summed E-state index contributed by atoms with van der Waals surface area (Å²) in [7, 11) is 0. The summed E-state index contributed by atoms with van der Waals surface area (Å²) in [5.41, 5.74) is 3.69. The maximum absolute atomic E-state index is 12.9. The molecule has 1 N–H and O–H groups in total. The van der Waals surface area contributed by atoms with E-state index in [4.69, 9.17) is 9.26 Å². The number of nitrogens with one attached hydrogen (secondary N) is 1. The van der Waals surface area contributed by atoms with Crippen LogP contribution in [0.4, 0.5) is 0 Å². The fourth-order valence-electron chi connectivity index (χ4n) is 3.69. The van der Waals surface area contributed by atoms with E-state index >= 15 is 0 Å². The standard InChI is InChI=1S/C26H25N3O4/c1-17-12-23(19(3)29(17)25-13-18(2)33-28-25)24(30)16-32-22-11-7-10-21(14-22)26(31)27-15-20-8-5-4-6-9-20/h4-14H,15-16H2,1-3H3,(H,27,31). The molecule has 0 aliphatic carbocycles. The number of carbonyl (C=O) groups is 2. The molecule has 0 spiro atoms. The van der Waals surface area contributed by atoms with Gasteiger partial charge in [-0.2, -0.15) is 0 Å². The Morgan fingerprint density at radius 2 is 1.79 bits per heavy atom. The molecule has 0 unspecified atom stereocenters. The zero-order valence-electron chi connectivity index (χ0n) is 18.8. The Balaban J connectivity index is 1.40. The van der Waals surface area contributed by atoms with Crippen LogP contribution in [0.15, 0.2) is 71.3 Å². The summed E-state index contributed by atoms with van der Waals surface area (Å²) in [6, 6.07) is 20.1. The Labute approximate surface area is 192 Å². The van der Waals surface area contributed by atoms with Crippen LogP contribution in [0.1, 0.15) is 43.4 Å². The molecule has 4 aromatic rings. The molecule has 0 bridgehead atoms. The van der Waals surface area contributed by atoms with Gasteiger partial charge in [-0.05, 0) is 50.6 Å². The summed E-state index contributed by atoms with van der Waals surface area (Å²) in [4.78, 5) is 25.4. The number of hydrogen-bond donors (Lipinski definition) is 1. The van der Waals surface area contributed by atoms with Gasteiger partial charge in [-0.15, -0.1) is 0 Å². The molecule has 0 aliphatic rings. The van der Waals surface area contributed by atoms with E-state index in [2.05, 4.69) is 10.5 Å². The van der Waals surface area contributed by atoms with Gasteiger partial charge < -0.3 is 14.6 Å². The summed E-state index contributed by atoms with van der Waals surface area (Å²) < 4.78 is 12.8. The third-order valence-electron chi connectivity index (χ3n) is 5.34. The number of hydrogen-bond acceptors (Lipinski definition) is 5. The lowest BCUT2D eigenvalue weighted by Gasteiger charge is -2.09. The van der Waals surface area contributed by atoms with Crippen LogP contribution in [0, 0.1) is 20.8 Å². The van der Waals surface area contributed by atoms with Crippen molar-refractivity contribution >= 4 is 11.7 Å². The van der Waals surface area contributed by atoms with Crippen LogP contribution in [0.2, 0.25) is 0 Å². The number of ketones is 1. The second-order valence-electron chi connectivity index (χ2n) is 7.82. The predicted octanol–water partition coefficient (Wildman–Crippen LogP) is 4.58. The van der Waals surface area contributed by atoms with Crippen molar-refractivity contribution in [2.24, 2.45) is 0 Å². The van der Waals surface area contributed by atoms with Gasteiger partial charge in [0.15, 0.2) is 12.4 Å². The van der Waals surface area contributed by atoms with E-state index < -0.39 is 0 Å². The van der Waals surface area contributed by atoms with Crippen molar-refractivity contribution in [1.29, 1.82) is 0 Å². The lowest BCUT2D eigenvalue weighted by molar-refractivity contribution is 0.0921. The highest BCUT2D eigenvalue weighted by Gasteiger charge is 2.19. The van der Waals surface area contributed by atoms with Crippen molar-refractivity contribution in [2.75, 3.05) is 6.61 Å². The van der Waals surface area contributed by atoms with E-state index in [1.807, 2.05) is 67.8 Å². The summed E-state index contributed by atoms with van der Waals surface area (Å²) in [5.74, 6) is 1.42. The maximum Gasteiger partial charge on any atom is 0.251 e. The van der Waals surface area contributed by atoms with Crippen LogP contribution in [0.25, 0.3) is 5.82 Å². The van der Waals surface area contributed by atoms with E-state index in [1.54, 1.807) is 24.3 Å². The molecule has 2 aromatic heterocycles. The minimum Gasteiger partial charge on any atom is -0.485 e. The number of carbonyl (C=O) groups excluding carboxylic acids is 2. The maximum atomic E-state index is 12.9. The Morgan fingerprint density at radius 3 is 2.52 bits per heavy atom. The normalized spacial score (nSPS) is 10.8. The van der Waals surface area contributed by atoms with Gasteiger partial charge in [-0.1, -0.05) is 41.6 Å². The minimum atomic E-state index is -0.206. The summed E-state index contributed by atoms with van der Waals surface area (Å²) in [5, 5.41) is 6.93. The molecule has 2 heterocycles. The van der Waals surface area contributed by atoms with Crippen LogP contribution >= 0.6 is 0 Å². The molecule has 0 saturated carbocycles. The predicted molar refractivity (Wildman–Crippen MR) is 124 cm³/mol. The molecule has 0 saturated heterocycles. The van der Waals surface area contributed by atoms with Crippen molar-refractivity contribution in [3.8, 4) is 11.6 Å². The summed E-state index contributed by atoms with van der Waals surface area (Å²) in [6.45, 7) is 5.88. The molecule has 168 valence electrons. The topological polar surface area (TPSA) is 86.4 Å². The van der Waals surface area contributed by atoms with Crippen molar-refractivity contribution < 1.29 is 18.8 Å². The lowest BCUT2D eigenvalue weighted by atomic mass is 10.1. The Kier molecular flexibility index (Phi) is 6.40. The van der Waals surface area contributed by atoms with E-state index in [9.17, 15) is 9.59 Å². The third kappa shape index (κ3) is 5.03. The smallest absolute Gasteiger partial charge is 0.251 e. The van der Waals surface area contributed by atoms with Crippen molar-refractivity contribution in [2.45, 2.75) is 27.3 Å². The number of aryl methyl sites for hydroxylation is 2. The van der Waals surface area contributed by atoms with Crippen molar-refractivity contribution in [3.63, 3.8) is 0 Å². The first-order valence-electron chi connectivity index (χ1n) is 10.6. The van der Waals surface area contributed by atoms with Crippen LogP contribution in [-0.4, -0.2) is 28.0 Å². The van der Waals surface area contributed by atoms with Gasteiger partial charge >= 0.3 is 0 Å². The third-order valence-corrected chi connectivity index (χ3v) is 5.34. The number of ether oxygens (including phenoxy) is 1. The molecule has 2 aromatic carbocycles. The highest BCUT2D eigenvalue weighted by atomic mass is 16.5. The Bertz CT molecular complexity index is 1290. The first kappa shape index (κ1) is 22.1. The van der Waals surface area contributed by atoms with Crippen LogP contribution in [-0.2, 0) is 6.54 Å². The molecule has 7 nitrogen and oxygen atoms in total. The van der Waals surface area contributed by atoms with Crippen LogP contribution < -0.4 is 10.1 Å². The monoisotopic (exact) mass is 443 g/mol. The SMILES string of the molecule is Cc1cc(-n2c(C)cc(C(=O)COc3cccc(C(=O)NCc4ccccc4)c3)c2C)no1. The van der Waals surface area contributed by atoms with E-state index in [0.717, 1.165) is 17.0 Å². The highest BCUT2D eigenvalue weighted by molar-refractivity contribution is 5.99. The lowest BCUT2D eigenvalue weighted by Crippen LogP contribution is -2.22. The second-order valence-corrected chi connectivity index (χ2v) is 7.82. The zero-order valence-corrected chi connectivity index (χ0v) is 18.8. The minimum absolute atomic E-state index is 0.142. The molecule has 0 fully saturated rings. The van der Waals surface area contributed by atoms with Gasteiger partial charge in [0.1, 0.15) is 11.5 Å². The van der Waals surface area contributed by atoms with Gasteiger partial charge in [-0.3, -0.25) is 14.2 Å². The van der Waals surface area contributed by atoms with Gasteiger partial charge in [0, 0.05) is 35.1 Å². The number of rotatable bonds is 8. The Morgan fingerprint density at radius 1 is 1.00 bits per heavy atom. The van der Waals surface area contributed by atoms with Gasteiger partial charge in [0.05, 0.1) is 0 Å². The number of Topliss-reactive ketones (excluding diaryl/α,β-unsaturated/α-hetero) is 1. The second kappa shape index (κ2) is 9.56. The molecule has 4 rings (SSSR count). The van der Waals surface area contributed by atoms with E-state index in [1.165, 1.54) is 0 Å². The molecular formula is C26H25N3O4. The van der Waals surface area contributed by atoms with Gasteiger partial charge in [0.25, 0.3) is 5.91 Å². The number of aromatic nitrogens is 2. The average molecular weight is 444 g/mol. The fraction of sp³-hybridized carbons (Fsp3) is 0.192. The van der Waals surface area contributed by atoms with E-state index in [-0.39, 0.29) is 18.3 Å². The highest BCUT2D eigenvalue weighted by Crippen LogP contribution is 2.22. The van der Waals surface area contributed by atoms with Crippen LogP contribution in [0.5, 0.6) is 5.75 Å². The average Bonchev–Trinajstić information content (AvgIpc) is 3.38. The molecule has 1 amide bonds. The van der Waals surface area contributed by atoms with Gasteiger partial charge in [-0.25, -0.2) is 0 Å². The number of benzene rings is 2. The number of nitrogens with zero attached hydrogens (tertiary/aromatic N) is 2. The van der Waals surface area contributed by atoms with Crippen LogP contribution in [0.3, 0.4) is 0 Å². The first-order valence-corrected chi connectivity index (χ1v) is 10.6. The van der Waals surface area contributed by atoms with Crippen molar-refractivity contribution in [3.05, 3.63) is 101 Å². The number of amides is 1. The summed E-state index contributed by atoms with van der Waals surface area (Å²) >= 11 is 0. The Hall–Kier alpha value is -4.13. The molecule has 0 radical (unpaired) electrons. The molecular weight excluding hydrogens is 418 g/mol. The zero-order chi connectivity index (χ0) is 23.4. The van der Waals surface area contributed by atoms with E-state index in [0.29, 0.717) is 35.0 Å². The summed E-state index contributed by atoms with van der Waals surface area (Å²) in [6.07, 6.45) is 0. The molecule has 33 heavy (non-hydrogen) atoms. The molecule has 0 aliphatic heterocycles. The van der Waals surface area contributed by atoms with Crippen molar-refractivity contribution in [1.82, 2.24) is 15.0 Å². The first-order chi connectivity index (χ1) is 15.9. The fourth-order valence-corrected chi connectivity index (χ4v) is 3.69. The largest absolute Gasteiger partial charge is 0.485 e. The van der Waals surface area contributed by atoms with Gasteiger partial charge in [0.2, 0.25) is 5.78 Å².